The second-order valence-electron chi connectivity index (χ2n) is 5.60. The fourth-order valence-corrected chi connectivity index (χ4v) is 2.71. The van der Waals surface area contributed by atoms with E-state index in [0.717, 1.165) is 6.07 Å². The first-order chi connectivity index (χ1) is 12.3. The number of hydrogen-bond donors (Lipinski definition) is 3. The van der Waals surface area contributed by atoms with Crippen LogP contribution in [0.1, 0.15) is 56.3 Å². The van der Waals surface area contributed by atoms with Crippen molar-refractivity contribution in [1.82, 2.24) is 15.8 Å². The van der Waals surface area contributed by atoms with Crippen LogP contribution in [0.3, 0.4) is 0 Å². The van der Waals surface area contributed by atoms with Gasteiger partial charge in [0, 0.05) is 29.0 Å². The lowest BCUT2D eigenvalue weighted by Crippen LogP contribution is -2.42. The van der Waals surface area contributed by atoms with Crippen LogP contribution in [0.2, 0.25) is 0 Å². The molecule has 0 radical (unpaired) electrons. The molecule has 0 atom stereocenters. The molecule has 0 spiro atoms. The molecule has 3 N–H and O–H groups in total. The van der Waals surface area contributed by atoms with Crippen molar-refractivity contribution in [3.63, 3.8) is 0 Å². The van der Waals surface area contributed by atoms with E-state index >= 15 is 0 Å². The van der Waals surface area contributed by atoms with Crippen molar-refractivity contribution >= 4 is 23.3 Å². The zero-order valence-corrected chi connectivity index (χ0v) is 14.5. The van der Waals surface area contributed by atoms with Gasteiger partial charge in [0.2, 0.25) is 0 Å². The van der Waals surface area contributed by atoms with E-state index in [-0.39, 0.29) is 22.7 Å². The Balaban J connectivity index is 2.15. The van der Waals surface area contributed by atoms with E-state index in [9.17, 15) is 24.5 Å². The predicted octanol–water partition coefficient (Wildman–Crippen LogP) is 2.07. The molecule has 9 heteroatoms. The van der Waals surface area contributed by atoms with Gasteiger partial charge in [-0.2, -0.15) is 0 Å². The van der Waals surface area contributed by atoms with E-state index in [0.29, 0.717) is 23.2 Å². The maximum absolute atomic E-state index is 12.3. The van der Waals surface area contributed by atoms with E-state index in [1.807, 2.05) is 6.92 Å². The molecule has 0 aliphatic rings. The number of hydrogen-bond acceptors (Lipinski definition) is 5. The highest BCUT2D eigenvalue weighted by atomic mass is 16.6. The minimum atomic E-state index is -0.699. The number of Topliss-reactive ketones (excluding diaryl/α,β-unsaturated/α-hetero) is 1. The summed E-state index contributed by atoms with van der Waals surface area (Å²) in [6, 6.07) is 5.12. The van der Waals surface area contributed by atoms with Crippen LogP contribution in [0.15, 0.2) is 24.3 Å². The Kier molecular flexibility index (Phi) is 5.51. The molecule has 0 aliphatic heterocycles. The highest BCUT2D eigenvalue weighted by molar-refractivity contribution is 6.03. The van der Waals surface area contributed by atoms with Crippen molar-refractivity contribution in [1.29, 1.82) is 0 Å². The molecule has 2 rings (SSSR count). The summed E-state index contributed by atoms with van der Waals surface area (Å²) < 4.78 is 0. The van der Waals surface area contributed by atoms with Crippen molar-refractivity contribution in [3.8, 4) is 0 Å². The van der Waals surface area contributed by atoms with Crippen molar-refractivity contribution < 1.29 is 19.3 Å². The largest absolute Gasteiger partial charge is 0.354 e. The number of aromatic amines is 1. The summed E-state index contributed by atoms with van der Waals surface area (Å²) in [6.07, 6.45) is 0.459. The Morgan fingerprint density at radius 2 is 1.85 bits per heavy atom. The molecule has 0 fully saturated rings. The molecule has 26 heavy (non-hydrogen) atoms. The molecule has 0 unspecified atom stereocenters. The third kappa shape index (κ3) is 3.77. The number of nitro groups is 1. The summed E-state index contributed by atoms with van der Waals surface area (Å²) >= 11 is 0. The van der Waals surface area contributed by atoms with Gasteiger partial charge in [-0.05, 0) is 31.9 Å². The first-order valence-corrected chi connectivity index (χ1v) is 7.83. The minimum Gasteiger partial charge on any atom is -0.354 e. The zero-order chi connectivity index (χ0) is 19.4. The van der Waals surface area contributed by atoms with E-state index in [4.69, 9.17) is 0 Å². The first kappa shape index (κ1) is 18.8. The normalized spacial score (nSPS) is 10.3. The van der Waals surface area contributed by atoms with Crippen LogP contribution in [-0.4, -0.2) is 27.5 Å². The number of carbonyl (C=O) groups is 3. The number of amides is 2. The molecule has 0 aliphatic carbocycles. The van der Waals surface area contributed by atoms with Crippen molar-refractivity contribution in [2.24, 2.45) is 0 Å². The van der Waals surface area contributed by atoms with E-state index in [1.165, 1.54) is 25.1 Å². The number of rotatable bonds is 5. The van der Waals surface area contributed by atoms with Gasteiger partial charge in [-0.15, -0.1) is 0 Å². The number of nitrogens with zero attached hydrogens (tertiary/aromatic N) is 1. The van der Waals surface area contributed by atoms with Crippen LogP contribution in [0.4, 0.5) is 5.69 Å². The topological polar surface area (TPSA) is 134 Å². The number of H-pyrrole nitrogens is 1. The summed E-state index contributed by atoms with van der Waals surface area (Å²) in [4.78, 5) is 49.2. The molecule has 0 bridgehead atoms. The highest BCUT2D eigenvalue weighted by Gasteiger charge is 2.22. The Morgan fingerprint density at radius 3 is 2.42 bits per heavy atom. The van der Waals surface area contributed by atoms with Crippen molar-refractivity contribution in [3.05, 3.63) is 62.5 Å². The van der Waals surface area contributed by atoms with Gasteiger partial charge in [0.05, 0.1) is 4.92 Å². The monoisotopic (exact) mass is 358 g/mol. The number of aryl methyl sites for hydroxylation is 1. The van der Waals surface area contributed by atoms with Crippen LogP contribution < -0.4 is 10.9 Å². The third-order valence-electron chi connectivity index (χ3n) is 3.83. The van der Waals surface area contributed by atoms with Gasteiger partial charge in [0.25, 0.3) is 17.5 Å². The zero-order valence-electron chi connectivity index (χ0n) is 14.5. The number of carbonyl (C=O) groups excluding carboxylic acids is 3. The molecule has 1 aromatic heterocycles. The Labute approximate surface area is 148 Å². The number of nitro benzene ring substituents is 1. The minimum absolute atomic E-state index is 0.0299. The van der Waals surface area contributed by atoms with Crippen molar-refractivity contribution in [2.75, 3.05) is 0 Å². The smallest absolute Gasteiger partial charge is 0.286 e. The summed E-state index contributed by atoms with van der Waals surface area (Å²) in [5.41, 5.74) is 6.04. The van der Waals surface area contributed by atoms with Crippen LogP contribution in [0, 0.1) is 17.0 Å². The Morgan fingerprint density at radius 1 is 1.19 bits per heavy atom. The Hall–Kier alpha value is -3.49. The van der Waals surface area contributed by atoms with Gasteiger partial charge in [0.1, 0.15) is 5.69 Å². The van der Waals surface area contributed by atoms with Crippen LogP contribution in [0.25, 0.3) is 0 Å². The summed E-state index contributed by atoms with van der Waals surface area (Å²) in [5, 5.41) is 10.8. The molecule has 1 aromatic carbocycles. The number of aromatic nitrogens is 1. The number of nitrogens with one attached hydrogen (secondary N) is 3. The first-order valence-electron chi connectivity index (χ1n) is 7.83. The van der Waals surface area contributed by atoms with Gasteiger partial charge in [-0.25, -0.2) is 0 Å². The lowest BCUT2D eigenvalue weighted by atomic mass is 10.0. The highest BCUT2D eigenvalue weighted by Crippen LogP contribution is 2.20. The van der Waals surface area contributed by atoms with E-state index < -0.39 is 16.7 Å². The quantitative estimate of drug-likeness (QED) is 0.427. The van der Waals surface area contributed by atoms with E-state index in [2.05, 4.69) is 15.8 Å². The van der Waals surface area contributed by atoms with Gasteiger partial charge in [-0.1, -0.05) is 13.0 Å². The molecule has 0 saturated heterocycles. The number of benzene rings is 1. The molecule has 9 nitrogen and oxygen atoms in total. The van der Waals surface area contributed by atoms with Crippen LogP contribution in [0.5, 0.6) is 0 Å². The van der Waals surface area contributed by atoms with Gasteiger partial charge in [-0.3, -0.25) is 35.3 Å². The summed E-state index contributed by atoms with van der Waals surface area (Å²) in [5.74, 6) is -1.47. The average molecular weight is 358 g/mol. The van der Waals surface area contributed by atoms with Crippen LogP contribution >= 0.6 is 0 Å². The molecule has 2 aromatic rings. The molecule has 2 amide bonds. The number of non-ortho nitro benzene ring substituents is 1. The summed E-state index contributed by atoms with van der Waals surface area (Å²) in [6.45, 7) is 4.92. The number of ketones is 1. The van der Waals surface area contributed by atoms with Crippen LogP contribution in [-0.2, 0) is 6.42 Å². The van der Waals surface area contributed by atoms with Gasteiger partial charge < -0.3 is 4.98 Å². The second-order valence-corrected chi connectivity index (χ2v) is 5.60. The standard InChI is InChI=1S/C17H18N4O5/c1-4-13-14(10(3)22)9(2)18-15(13)17(24)20-19-16(23)11-6-5-7-12(8-11)21(25)26/h5-8,18H,4H2,1-3H3,(H,19,23)(H,20,24). The lowest BCUT2D eigenvalue weighted by molar-refractivity contribution is -0.384. The molecule has 0 saturated carbocycles. The van der Waals surface area contributed by atoms with Crippen molar-refractivity contribution in [2.45, 2.75) is 27.2 Å². The van der Waals surface area contributed by atoms with Gasteiger partial charge >= 0.3 is 0 Å². The maximum Gasteiger partial charge on any atom is 0.286 e. The number of hydrazine groups is 1. The fraction of sp³-hybridized carbons (Fsp3) is 0.235. The average Bonchev–Trinajstić information content (AvgIpc) is 2.96. The lowest BCUT2D eigenvalue weighted by Gasteiger charge is -2.08. The molecular formula is C17H18N4O5. The van der Waals surface area contributed by atoms with Gasteiger partial charge in [0.15, 0.2) is 5.78 Å². The summed E-state index contributed by atoms with van der Waals surface area (Å²) in [7, 11) is 0. The Bertz CT molecular complexity index is 901. The SMILES string of the molecule is CCc1c(C(=O)NNC(=O)c2cccc([N+](=O)[O-])c2)[nH]c(C)c1C(C)=O. The predicted molar refractivity (Wildman–Crippen MR) is 92.9 cm³/mol. The third-order valence-corrected chi connectivity index (χ3v) is 3.83. The maximum atomic E-state index is 12.3. The molecule has 1 heterocycles. The van der Waals surface area contributed by atoms with E-state index in [1.54, 1.807) is 6.92 Å². The fourth-order valence-electron chi connectivity index (χ4n) is 2.71. The molecule has 136 valence electrons. The molecular weight excluding hydrogens is 340 g/mol. The second kappa shape index (κ2) is 7.60.